The minimum absolute atomic E-state index is 0.0558. The lowest BCUT2D eigenvalue weighted by molar-refractivity contribution is -0.138. The van der Waals surface area contributed by atoms with Crippen molar-refractivity contribution in [3.05, 3.63) is 29.8 Å². The Labute approximate surface area is 130 Å². The summed E-state index contributed by atoms with van der Waals surface area (Å²) in [6, 6.07) is 5.12. The molecule has 22 heavy (non-hydrogen) atoms. The Balaban J connectivity index is 3.03. The van der Waals surface area contributed by atoms with Crippen molar-refractivity contribution >= 4 is 21.9 Å². The molecule has 0 aliphatic heterocycles. The molecular formula is C14H20N2O5S. The highest BCUT2D eigenvalue weighted by Gasteiger charge is 2.22. The molecule has 0 fully saturated rings. The number of rotatable bonds is 7. The Morgan fingerprint density at radius 1 is 1.23 bits per heavy atom. The summed E-state index contributed by atoms with van der Waals surface area (Å²) in [6.45, 7) is 4.95. The summed E-state index contributed by atoms with van der Waals surface area (Å²) in [5.74, 6) is -1.56. The van der Waals surface area contributed by atoms with Gasteiger partial charge in [0.2, 0.25) is 10.0 Å². The predicted molar refractivity (Wildman–Crippen MR) is 81.1 cm³/mol. The lowest BCUT2D eigenvalue weighted by Gasteiger charge is -2.25. The number of carbonyl (C=O) groups is 2. The van der Waals surface area contributed by atoms with E-state index in [0.717, 1.165) is 0 Å². The van der Waals surface area contributed by atoms with E-state index in [-0.39, 0.29) is 23.0 Å². The average Bonchev–Trinajstić information content (AvgIpc) is 2.43. The van der Waals surface area contributed by atoms with Gasteiger partial charge in [0.15, 0.2) is 0 Å². The van der Waals surface area contributed by atoms with Crippen LogP contribution in [-0.2, 0) is 14.8 Å². The molecule has 1 amide bonds. The molecular weight excluding hydrogens is 308 g/mol. The number of nitrogens with one attached hydrogen (secondary N) is 1. The number of carboxylic acids is 1. The molecule has 0 aromatic heterocycles. The van der Waals surface area contributed by atoms with E-state index in [0.29, 0.717) is 0 Å². The van der Waals surface area contributed by atoms with Gasteiger partial charge in [-0.2, -0.15) is 0 Å². The summed E-state index contributed by atoms with van der Waals surface area (Å²) < 4.78 is 26.0. The molecule has 0 saturated heterocycles. The van der Waals surface area contributed by atoms with Crippen molar-refractivity contribution in [2.45, 2.75) is 31.7 Å². The Kier molecular flexibility index (Phi) is 6.07. The van der Waals surface area contributed by atoms with Gasteiger partial charge in [0.05, 0.1) is 4.90 Å². The van der Waals surface area contributed by atoms with E-state index >= 15 is 0 Å². The lowest BCUT2D eigenvalue weighted by Crippen LogP contribution is -2.40. The first-order valence-electron chi connectivity index (χ1n) is 6.81. The number of amides is 1. The van der Waals surface area contributed by atoms with Crippen LogP contribution in [0.25, 0.3) is 0 Å². The fourth-order valence-electron chi connectivity index (χ4n) is 1.85. The number of carboxylic acid groups (broad SMARTS) is 1. The molecule has 122 valence electrons. The van der Waals surface area contributed by atoms with Crippen LogP contribution in [0.5, 0.6) is 0 Å². The average molecular weight is 328 g/mol. The lowest BCUT2D eigenvalue weighted by atomic mass is 10.1. The second-order valence-corrected chi connectivity index (χ2v) is 6.71. The zero-order chi connectivity index (χ0) is 16.9. The SMILES string of the molecule is CCNS(=O)(=O)c1ccc(C(=O)N(CC(=O)O)C(C)C)cc1. The molecule has 8 heteroatoms. The third-order valence-corrected chi connectivity index (χ3v) is 4.50. The molecule has 0 bridgehead atoms. The largest absolute Gasteiger partial charge is 0.480 e. The van der Waals surface area contributed by atoms with Gasteiger partial charge < -0.3 is 10.0 Å². The first kappa shape index (κ1) is 18.1. The van der Waals surface area contributed by atoms with E-state index in [2.05, 4.69) is 4.72 Å². The maximum absolute atomic E-state index is 12.3. The van der Waals surface area contributed by atoms with Crippen LogP contribution in [0.3, 0.4) is 0 Å². The number of hydrogen-bond acceptors (Lipinski definition) is 4. The van der Waals surface area contributed by atoms with Gasteiger partial charge in [-0.05, 0) is 38.1 Å². The third kappa shape index (κ3) is 4.54. The van der Waals surface area contributed by atoms with Crippen LogP contribution in [0, 0.1) is 0 Å². The van der Waals surface area contributed by atoms with E-state index in [4.69, 9.17) is 5.11 Å². The number of sulfonamides is 1. The summed E-state index contributed by atoms with van der Waals surface area (Å²) in [4.78, 5) is 24.4. The van der Waals surface area contributed by atoms with Crippen LogP contribution in [-0.4, -0.2) is 49.4 Å². The monoisotopic (exact) mass is 328 g/mol. The number of nitrogens with zero attached hydrogens (tertiary/aromatic N) is 1. The molecule has 1 rings (SSSR count). The smallest absolute Gasteiger partial charge is 0.323 e. The maximum Gasteiger partial charge on any atom is 0.323 e. The fourth-order valence-corrected chi connectivity index (χ4v) is 2.89. The van der Waals surface area contributed by atoms with Crippen LogP contribution < -0.4 is 4.72 Å². The second kappa shape index (κ2) is 7.37. The van der Waals surface area contributed by atoms with Crippen molar-refractivity contribution in [3.8, 4) is 0 Å². The summed E-state index contributed by atoms with van der Waals surface area (Å²) in [5.41, 5.74) is 0.241. The van der Waals surface area contributed by atoms with Crippen molar-refractivity contribution in [3.63, 3.8) is 0 Å². The predicted octanol–water partition coefficient (Wildman–Crippen LogP) is 0.920. The van der Waals surface area contributed by atoms with Gasteiger partial charge in [0, 0.05) is 18.2 Å². The van der Waals surface area contributed by atoms with Crippen molar-refractivity contribution < 1.29 is 23.1 Å². The molecule has 0 heterocycles. The molecule has 0 atom stereocenters. The van der Waals surface area contributed by atoms with Crippen molar-refractivity contribution in [1.29, 1.82) is 0 Å². The van der Waals surface area contributed by atoms with E-state index < -0.39 is 28.4 Å². The first-order valence-corrected chi connectivity index (χ1v) is 8.29. The van der Waals surface area contributed by atoms with Crippen LogP contribution in [0.1, 0.15) is 31.1 Å². The summed E-state index contributed by atoms with van der Waals surface area (Å²) in [5, 5.41) is 8.86. The van der Waals surface area contributed by atoms with Gasteiger partial charge in [-0.1, -0.05) is 6.92 Å². The fraction of sp³-hybridized carbons (Fsp3) is 0.429. The highest BCUT2D eigenvalue weighted by molar-refractivity contribution is 7.89. The third-order valence-electron chi connectivity index (χ3n) is 2.94. The van der Waals surface area contributed by atoms with Crippen LogP contribution in [0.4, 0.5) is 0 Å². The summed E-state index contributed by atoms with van der Waals surface area (Å²) in [6.07, 6.45) is 0. The minimum atomic E-state index is -3.58. The molecule has 7 nitrogen and oxygen atoms in total. The van der Waals surface area contributed by atoms with Crippen LogP contribution >= 0.6 is 0 Å². The number of hydrogen-bond donors (Lipinski definition) is 2. The Bertz CT molecular complexity index is 638. The van der Waals surface area contributed by atoms with Gasteiger partial charge in [-0.25, -0.2) is 13.1 Å². The highest BCUT2D eigenvalue weighted by atomic mass is 32.2. The molecule has 0 saturated carbocycles. The van der Waals surface area contributed by atoms with E-state index in [1.165, 1.54) is 29.2 Å². The molecule has 1 aromatic rings. The van der Waals surface area contributed by atoms with Crippen LogP contribution in [0.15, 0.2) is 29.2 Å². The number of benzene rings is 1. The molecule has 0 aliphatic carbocycles. The van der Waals surface area contributed by atoms with Crippen LogP contribution in [0.2, 0.25) is 0 Å². The van der Waals surface area contributed by atoms with E-state index in [1.807, 2.05) is 0 Å². The van der Waals surface area contributed by atoms with E-state index in [1.54, 1.807) is 20.8 Å². The quantitative estimate of drug-likeness (QED) is 0.774. The highest BCUT2D eigenvalue weighted by Crippen LogP contribution is 2.13. The molecule has 0 radical (unpaired) electrons. The summed E-state index contributed by atoms with van der Waals surface area (Å²) in [7, 11) is -3.58. The zero-order valence-electron chi connectivity index (χ0n) is 12.7. The maximum atomic E-state index is 12.3. The van der Waals surface area contributed by atoms with Gasteiger partial charge in [0.25, 0.3) is 5.91 Å². The van der Waals surface area contributed by atoms with Gasteiger partial charge in [-0.15, -0.1) is 0 Å². The molecule has 1 aromatic carbocycles. The van der Waals surface area contributed by atoms with E-state index in [9.17, 15) is 18.0 Å². The Hall–Kier alpha value is -1.93. The van der Waals surface area contributed by atoms with Gasteiger partial charge in [0.1, 0.15) is 6.54 Å². The molecule has 0 aliphatic rings. The zero-order valence-corrected chi connectivity index (χ0v) is 13.6. The first-order chi connectivity index (χ1) is 10.2. The normalized spacial score (nSPS) is 11.5. The Morgan fingerprint density at radius 3 is 2.18 bits per heavy atom. The topological polar surface area (TPSA) is 104 Å². The second-order valence-electron chi connectivity index (χ2n) is 4.95. The Morgan fingerprint density at radius 2 is 1.77 bits per heavy atom. The van der Waals surface area contributed by atoms with Crippen molar-refractivity contribution in [1.82, 2.24) is 9.62 Å². The summed E-state index contributed by atoms with van der Waals surface area (Å²) >= 11 is 0. The number of aliphatic carboxylic acids is 1. The standard InChI is InChI=1S/C14H20N2O5S/c1-4-15-22(20,21)12-7-5-11(6-8-12)14(19)16(10(2)3)9-13(17)18/h5-8,10,15H,4,9H2,1-3H3,(H,17,18). The molecule has 0 spiro atoms. The van der Waals surface area contributed by atoms with Gasteiger partial charge in [-0.3, -0.25) is 9.59 Å². The van der Waals surface area contributed by atoms with Gasteiger partial charge >= 0.3 is 5.97 Å². The van der Waals surface area contributed by atoms with Crippen molar-refractivity contribution in [2.24, 2.45) is 0 Å². The molecule has 0 unspecified atom stereocenters. The molecule has 2 N–H and O–H groups in total. The number of carbonyl (C=O) groups excluding carboxylic acids is 1. The van der Waals surface area contributed by atoms with Crippen molar-refractivity contribution in [2.75, 3.05) is 13.1 Å². The minimum Gasteiger partial charge on any atom is -0.480 e.